The summed E-state index contributed by atoms with van der Waals surface area (Å²) < 4.78 is 42.7. The third-order valence-corrected chi connectivity index (χ3v) is 2.92. The van der Waals surface area contributed by atoms with E-state index in [9.17, 15) is 13.2 Å². The Balaban J connectivity index is 2.91. The van der Waals surface area contributed by atoms with Crippen LogP contribution in [0.2, 0.25) is 5.02 Å². The lowest BCUT2D eigenvalue weighted by atomic mass is 10.0. The maximum absolute atomic E-state index is 12.6. The topological polar surface area (TPSA) is 9.23 Å². The molecule has 0 saturated carbocycles. The molecule has 0 fully saturated rings. The zero-order valence-corrected chi connectivity index (χ0v) is 11.3. The lowest BCUT2D eigenvalue weighted by molar-refractivity contribution is -0.195. The molecule has 0 N–H and O–H groups in total. The lowest BCUT2D eigenvalue weighted by Gasteiger charge is -2.21. The van der Waals surface area contributed by atoms with Gasteiger partial charge in [0.25, 0.3) is 0 Å². The van der Waals surface area contributed by atoms with Gasteiger partial charge in [-0.3, -0.25) is 0 Å². The van der Waals surface area contributed by atoms with E-state index < -0.39 is 12.3 Å². The SMILES string of the molecule is CCC(Oc1ccc(C(C)C)cc1Cl)C(F)(F)F. The zero-order chi connectivity index (χ0) is 13.9. The molecular formula is C13H16ClF3O. The molecule has 0 aliphatic rings. The van der Waals surface area contributed by atoms with E-state index in [2.05, 4.69) is 0 Å². The van der Waals surface area contributed by atoms with Crippen molar-refractivity contribution in [1.29, 1.82) is 0 Å². The van der Waals surface area contributed by atoms with Gasteiger partial charge in [0.05, 0.1) is 5.02 Å². The third-order valence-electron chi connectivity index (χ3n) is 2.63. The Morgan fingerprint density at radius 1 is 1.28 bits per heavy atom. The Kier molecular flexibility index (Phi) is 4.91. The van der Waals surface area contributed by atoms with Crippen LogP contribution in [0.25, 0.3) is 0 Å². The lowest BCUT2D eigenvalue weighted by Crippen LogP contribution is -2.33. The molecule has 0 amide bonds. The highest BCUT2D eigenvalue weighted by Crippen LogP contribution is 2.33. The molecule has 5 heteroatoms. The molecule has 0 heterocycles. The van der Waals surface area contributed by atoms with Crippen molar-refractivity contribution in [3.63, 3.8) is 0 Å². The minimum atomic E-state index is -4.38. The molecule has 1 atom stereocenters. The number of halogens is 4. The maximum atomic E-state index is 12.6. The number of ether oxygens (including phenoxy) is 1. The number of rotatable bonds is 4. The third kappa shape index (κ3) is 3.80. The highest BCUT2D eigenvalue weighted by molar-refractivity contribution is 6.32. The molecule has 1 nitrogen and oxygen atoms in total. The van der Waals surface area contributed by atoms with E-state index in [1.807, 2.05) is 13.8 Å². The highest BCUT2D eigenvalue weighted by atomic mass is 35.5. The Morgan fingerprint density at radius 3 is 2.28 bits per heavy atom. The summed E-state index contributed by atoms with van der Waals surface area (Å²) in [6.07, 6.45) is -6.35. The van der Waals surface area contributed by atoms with Crippen LogP contribution in [0, 0.1) is 0 Å². The Labute approximate surface area is 110 Å². The van der Waals surface area contributed by atoms with E-state index >= 15 is 0 Å². The first-order valence-corrected chi connectivity index (χ1v) is 6.16. The van der Waals surface area contributed by atoms with Crippen LogP contribution < -0.4 is 4.74 Å². The van der Waals surface area contributed by atoms with Crippen molar-refractivity contribution in [1.82, 2.24) is 0 Å². The Hall–Kier alpha value is -0.900. The van der Waals surface area contributed by atoms with Gasteiger partial charge in [-0.1, -0.05) is 38.4 Å². The average Bonchev–Trinajstić information content (AvgIpc) is 2.25. The van der Waals surface area contributed by atoms with E-state index in [1.165, 1.54) is 13.0 Å². The minimum Gasteiger partial charge on any atom is -0.479 e. The molecule has 1 unspecified atom stereocenters. The van der Waals surface area contributed by atoms with Crippen LogP contribution in [-0.4, -0.2) is 12.3 Å². The fourth-order valence-electron chi connectivity index (χ4n) is 1.51. The van der Waals surface area contributed by atoms with Crippen molar-refractivity contribution in [3.05, 3.63) is 28.8 Å². The molecule has 1 aromatic rings. The first-order chi connectivity index (χ1) is 8.25. The van der Waals surface area contributed by atoms with Gasteiger partial charge in [-0.2, -0.15) is 13.2 Å². The van der Waals surface area contributed by atoms with Crippen molar-refractivity contribution < 1.29 is 17.9 Å². The van der Waals surface area contributed by atoms with Crippen molar-refractivity contribution >= 4 is 11.6 Å². The predicted octanol–water partition coefficient (Wildman–Crippen LogP) is 5.18. The van der Waals surface area contributed by atoms with Crippen LogP contribution in [0.15, 0.2) is 18.2 Å². The number of alkyl halides is 3. The van der Waals surface area contributed by atoms with Gasteiger partial charge in [0.1, 0.15) is 5.75 Å². The van der Waals surface area contributed by atoms with E-state index in [4.69, 9.17) is 16.3 Å². The fraction of sp³-hybridized carbons (Fsp3) is 0.538. The normalized spacial score (nSPS) is 13.8. The van der Waals surface area contributed by atoms with Crippen LogP contribution >= 0.6 is 11.6 Å². The van der Waals surface area contributed by atoms with Gasteiger partial charge in [0.15, 0.2) is 6.10 Å². The molecule has 0 saturated heterocycles. The summed E-state index contributed by atoms with van der Waals surface area (Å²) >= 11 is 5.93. The van der Waals surface area contributed by atoms with Crippen LogP contribution in [0.1, 0.15) is 38.7 Å². The molecular weight excluding hydrogens is 265 g/mol. The van der Waals surface area contributed by atoms with Crippen molar-refractivity contribution in [2.24, 2.45) is 0 Å². The molecule has 0 spiro atoms. The molecule has 102 valence electrons. The number of hydrogen-bond donors (Lipinski definition) is 0. The molecule has 0 bridgehead atoms. The molecule has 1 rings (SSSR count). The summed E-state index contributed by atoms with van der Waals surface area (Å²) in [5.74, 6) is 0.339. The minimum absolute atomic E-state index is 0.0743. The number of benzene rings is 1. The monoisotopic (exact) mass is 280 g/mol. The predicted molar refractivity (Wildman–Crippen MR) is 66.3 cm³/mol. The first kappa shape index (κ1) is 15.2. The smallest absolute Gasteiger partial charge is 0.425 e. The zero-order valence-electron chi connectivity index (χ0n) is 10.5. The Morgan fingerprint density at radius 2 is 1.89 bits per heavy atom. The second kappa shape index (κ2) is 5.83. The highest BCUT2D eigenvalue weighted by Gasteiger charge is 2.40. The van der Waals surface area contributed by atoms with Crippen LogP contribution in [0.4, 0.5) is 13.2 Å². The van der Waals surface area contributed by atoms with Crippen LogP contribution in [0.5, 0.6) is 5.75 Å². The largest absolute Gasteiger partial charge is 0.479 e. The molecule has 0 aliphatic heterocycles. The van der Waals surface area contributed by atoms with E-state index in [1.54, 1.807) is 12.1 Å². The van der Waals surface area contributed by atoms with Gasteiger partial charge in [0, 0.05) is 0 Å². The molecule has 0 aliphatic carbocycles. The van der Waals surface area contributed by atoms with Gasteiger partial charge in [-0.05, 0) is 30.0 Å². The van der Waals surface area contributed by atoms with Crippen molar-refractivity contribution in [3.8, 4) is 5.75 Å². The van der Waals surface area contributed by atoms with E-state index in [-0.39, 0.29) is 23.1 Å². The first-order valence-electron chi connectivity index (χ1n) is 5.78. The summed E-state index contributed by atoms with van der Waals surface area (Å²) in [6, 6.07) is 4.87. The maximum Gasteiger partial charge on any atom is 0.425 e. The van der Waals surface area contributed by atoms with Crippen LogP contribution in [-0.2, 0) is 0 Å². The molecule has 18 heavy (non-hydrogen) atoms. The summed E-state index contributed by atoms with van der Waals surface area (Å²) in [7, 11) is 0. The van der Waals surface area contributed by atoms with E-state index in [0.29, 0.717) is 0 Å². The molecule has 0 radical (unpaired) electrons. The summed E-state index contributed by atoms with van der Waals surface area (Å²) in [5, 5.41) is 0.212. The summed E-state index contributed by atoms with van der Waals surface area (Å²) in [4.78, 5) is 0. The van der Waals surface area contributed by atoms with Gasteiger partial charge in [0.2, 0.25) is 0 Å². The summed E-state index contributed by atoms with van der Waals surface area (Å²) in [5.41, 5.74) is 0.965. The number of hydrogen-bond acceptors (Lipinski definition) is 1. The second-order valence-corrected chi connectivity index (χ2v) is 4.81. The van der Waals surface area contributed by atoms with Crippen molar-refractivity contribution in [2.75, 3.05) is 0 Å². The van der Waals surface area contributed by atoms with E-state index in [0.717, 1.165) is 5.56 Å². The average molecular weight is 281 g/mol. The van der Waals surface area contributed by atoms with Gasteiger partial charge in [-0.25, -0.2) is 0 Å². The summed E-state index contributed by atoms with van der Waals surface area (Å²) in [6.45, 7) is 5.39. The second-order valence-electron chi connectivity index (χ2n) is 4.40. The van der Waals surface area contributed by atoms with Gasteiger partial charge < -0.3 is 4.74 Å². The molecule has 0 aromatic heterocycles. The quantitative estimate of drug-likeness (QED) is 0.738. The van der Waals surface area contributed by atoms with Gasteiger partial charge in [-0.15, -0.1) is 0 Å². The van der Waals surface area contributed by atoms with Crippen molar-refractivity contribution in [2.45, 2.75) is 45.4 Å². The fourth-order valence-corrected chi connectivity index (χ4v) is 1.74. The van der Waals surface area contributed by atoms with Gasteiger partial charge >= 0.3 is 6.18 Å². The molecule has 1 aromatic carbocycles. The van der Waals surface area contributed by atoms with Crippen LogP contribution in [0.3, 0.4) is 0 Å². The standard InChI is InChI=1S/C13H16ClF3O/c1-4-12(13(15,16)17)18-11-6-5-9(8(2)3)7-10(11)14/h5-8,12H,4H2,1-3H3. The Bertz CT molecular complexity index is 402.